The van der Waals surface area contributed by atoms with Gasteiger partial charge in [0.2, 0.25) is 5.91 Å². The van der Waals surface area contributed by atoms with Crippen molar-refractivity contribution < 1.29 is 13.9 Å². The third-order valence-electron chi connectivity index (χ3n) is 3.37. The van der Waals surface area contributed by atoms with Gasteiger partial charge in [-0.3, -0.25) is 4.79 Å². The molecule has 1 aliphatic rings. The van der Waals surface area contributed by atoms with Crippen LogP contribution < -0.4 is 10.5 Å². The minimum Gasteiger partial charge on any atom is -0.493 e. The van der Waals surface area contributed by atoms with E-state index >= 15 is 0 Å². The minimum absolute atomic E-state index is 0.0954. The number of nitrogens with two attached hydrogens (primary N) is 1. The molecule has 104 valence electrons. The Bertz CT molecular complexity index is 422. The molecule has 1 amide bonds. The highest BCUT2D eigenvalue weighted by atomic mass is 19.1. The zero-order valence-corrected chi connectivity index (χ0v) is 10.8. The number of likely N-dealkylation sites (tertiary alicyclic amines) is 1. The molecule has 1 aliphatic heterocycles. The Hall–Kier alpha value is -1.62. The Kier molecular flexibility index (Phi) is 4.74. The van der Waals surface area contributed by atoms with E-state index in [0.717, 1.165) is 19.5 Å². The summed E-state index contributed by atoms with van der Waals surface area (Å²) >= 11 is 0. The van der Waals surface area contributed by atoms with Crippen LogP contribution in [0.4, 0.5) is 4.39 Å². The van der Waals surface area contributed by atoms with E-state index in [4.69, 9.17) is 10.5 Å². The summed E-state index contributed by atoms with van der Waals surface area (Å²) in [6, 6.07) is 5.78. The molecule has 0 unspecified atom stereocenters. The van der Waals surface area contributed by atoms with E-state index in [1.165, 1.54) is 12.1 Å². The molecule has 4 nitrogen and oxygen atoms in total. The van der Waals surface area contributed by atoms with Gasteiger partial charge in [-0.05, 0) is 43.1 Å². The van der Waals surface area contributed by atoms with Gasteiger partial charge in [0.05, 0.1) is 13.0 Å². The van der Waals surface area contributed by atoms with Gasteiger partial charge in [-0.15, -0.1) is 0 Å². The van der Waals surface area contributed by atoms with Gasteiger partial charge < -0.3 is 15.4 Å². The van der Waals surface area contributed by atoms with E-state index in [1.807, 2.05) is 4.90 Å². The van der Waals surface area contributed by atoms with Crippen molar-refractivity contribution in [3.8, 4) is 5.75 Å². The normalized spacial score (nSPS) is 18.6. The fraction of sp³-hybridized carbons (Fsp3) is 0.500. The number of halogens is 1. The third-order valence-corrected chi connectivity index (χ3v) is 3.37. The van der Waals surface area contributed by atoms with Crippen molar-refractivity contribution in [3.05, 3.63) is 30.1 Å². The van der Waals surface area contributed by atoms with Crippen LogP contribution >= 0.6 is 0 Å². The monoisotopic (exact) mass is 266 g/mol. The van der Waals surface area contributed by atoms with Gasteiger partial charge in [-0.25, -0.2) is 4.39 Å². The van der Waals surface area contributed by atoms with E-state index in [-0.39, 0.29) is 11.7 Å². The number of nitrogens with zero attached hydrogens (tertiary/aromatic N) is 1. The standard InChI is InChI=1S/C14H19FN2O2/c15-12-1-3-13(4-2-12)19-8-6-14(18)17-7-5-11(9-16)10-17/h1-4,11H,5-10,16H2/t11-/m1/s1. The lowest BCUT2D eigenvalue weighted by atomic mass is 10.1. The van der Waals surface area contributed by atoms with Crippen molar-refractivity contribution in [1.29, 1.82) is 0 Å². The average Bonchev–Trinajstić information content (AvgIpc) is 2.90. The van der Waals surface area contributed by atoms with Crippen LogP contribution in [0.25, 0.3) is 0 Å². The van der Waals surface area contributed by atoms with E-state index in [9.17, 15) is 9.18 Å². The van der Waals surface area contributed by atoms with Crippen LogP contribution in [0, 0.1) is 11.7 Å². The summed E-state index contributed by atoms with van der Waals surface area (Å²) in [6.45, 7) is 2.49. The first-order valence-electron chi connectivity index (χ1n) is 6.55. The van der Waals surface area contributed by atoms with Crippen molar-refractivity contribution >= 4 is 5.91 Å². The number of carbonyl (C=O) groups excluding carboxylic acids is 1. The highest BCUT2D eigenvalue weighted by Crippen LogP contribution is 2.16. The minimum atomic E-state index is -0.298. The first kappa shape index (κ1) is 13.8. The second kappa shape index (κ2) is 6.52. The molecule has 19 heavy (non-hydrogen) atoms. The van der Waals surface area contributed by atoms with Gasteiger partial charge in [-0.2, -0.15) is 0 Å². The molecular formula is C14H19FN2O2. The van der Waals surface area contributed by atoms with E-state index < -0.39 is 0 Å². The largest absolute Gasteiger partial charge is 0.493 e. The molecule has 0 radical (unpaired) electrons. The number of benzene rings is 1. The first-order valence-corrected chi connectivity index (χ1v) is 6.55. The predicted octanol–water partition coefficient (Wildman–Crippen LogP) is 1.40. The number of amides is 1. The van der Waals surface area contributed by atoms with Gasteiger partial charge in [0.25, 0.3) is 0 Å². The lowest BCUT2D eigenvalue weighted by Crippen LogP contribution is -2.30. The maximum Gasteiger partial charge on any atom is 0.226 e. The van der Waals surface area contributed by atoms with Crippen molar-refractivity contribution in [3.63, 3.8) is 0 Å². The van der Waals surface area contributed by atoms with Gasteiger partial charge in [0, 0.05) is 13.1 Å². The van der Waals surface area contributed by atoms with Crippen LogP contribution in [-0.4, -0.2) is 37.0 Å². The summed E-state index contributed by atoms with van der Waals surface area (Å²) in [7, 11) is 0. The van der Waals surface area contributed by atoms with Crippen molar-refractivity contribution in [1.82, 2.24) is 4.90 Å². The summed E-state index contributed by atoms with van der Waals surface area (Å²) in [6.07, 6.45) is 1.33. The quantitative estimate of drug-likeness (QED) is 0.876. The van der Waals surface area contributed by atoms with E-state index in [1.54, 1.807) is 12.1 Å². The van der Waals surface area contributed by atoms with Crippen LogP contribution in [0.2, 0.25) is 0 Å². The smallest absolute Gasteiger partial charge is 0.226 e. The first-order chi connectivity index (χ1) is 9.19. The molecule has 0 saturated carbocycles. The lowest BCUT2D eigenvalue weighted by Gasteiger charge is -2.16. The van der Waals surface area contributed by atoms with Gasteiger partial charge >= 0.3 is 0 Å². The number of hydrogen-bond acceptors (Lipinski definition) is 3. The predicted molar refractivity (Wildman–Crippen MR) is 70.3 cm³/mol. The molecule has 1 aromatic carbocycles. The maximum atomic E-state index is 12.7. The number of rotatable bonds is 5. The second-order valence-corrected chi connectivity index (χ2v) is 4.78. The van der Waals surface area contributed by atoms with Crippen molar-refractivity contribution in [2.24, 2.45) is 11.7 Å². The number of carbonyl (C=O) groups is 1. The summed E-state index contributed by atoms with van der Waals surface area (Å²) in [4.78, 5) is 13.7. The highest BCUT2D eigenvalue weighted by Gasteiger charge is 2.24. The van der Waals surface area contributed by atoms with Gasteiger partial charge in [0.1, 0.15) is 11.6 Å². The van der Waals surface area contributed by atoms with Crippen molar-refractivity contribution in [2.75, 3.05) is 26.2 Å². The average molecular weight is 266 g/mol. The summed E-state index contributed by atoms with van der Waals surface area (Å²) < 4.78 is 18.1. The molecule has 0 spiro atoms. The summed E-state index contributed by atoms with van der Waals surface area (Å²) in [5.74, 6) is 0.809. The topological polar surface area (TPSA) is 55.6 Å². The van der Waals surface area contributed by atoms with Crippen LogP contribution in [0.1, 0.15) is 12.8 Å². The second-order valence-electron chi connectivity index (χ2n) is 4.78. The Morgan fingerprint density at radius 3 is 2.79 bits per heavy atom. The van der Waals surface area contributed by atoms with Crippen LogP contribution in [0.3, 0.4) is 0 Å². The molecular weight excluding hydrogens is 247 g/mol. The van der Waals surface area contributed by atoms with E-state index in [2.05, 4.69) is 0 Å². The van der Waals surface area contributed by atoms with Crippen LogP contribution in [0.15, 0.2) is 24.3 Å². The molecule has 0 aliphatic carbocycles. The molecule has 0 bridgehead atoms. The fourth-order valence-corrected chi connectivity index (χ4v) is 2.20. The summed E-state index contributed by atoms with van der Waals surface area (Å²) in [5, 5.41) is 0. The van der Waals surface area contributed by atoms with E-state index in [0.29, 0.717) is 31.2 Å². The molecule has 5 heteroatoms. The van der Waals surface area contributed by atoms with Gasteiger partial charge in [0.15, 0.2) is 0 Å². The molecule has 2 rings (SSSR count). The Morgan fingerprint density at radius 2 is 2.16 bits per heavy atom. The lowest BCUT2D eigenvalue weighted by molar-refractivity contribution is -0.130. The third kappa shape index (κ3) is 3.92. The Labute approximate surface area is 112 Å². The van der Waals surface area contributed by atoms with Crippen LogP contribution in [0.5, 0.6) is 5.75 Å². The molecule has 0 aromatic heterocycles. The molecule has 1 fully saturated rings. The zero-order valence-electron chi connectivity index (χ0n) is 10.8. The maximum absolute atomic E-state index is 12.7. The Morgan fingerprint density at radius 1 is 1.42 bits per heavy atom. The number of hydrogen-bond donors (Lipinski definition) is 1. The number of ether oxygens (including phenoxy) is 1. The molecule has 1 heterocycles. The van der Waals surface area contributed by atoms with Gasteiger partial charge in [-0.1, -0.05) is 0 Å². The van der Waals surface area contributed by atoms with Crippen LogP contribution in [-0.2, 0) is 4.79 Å². The van der Waals surface area contributed by atoms with Crippen molar-refractivity contribution in [2.45, 2.75) is 12.8 Å². The molecule has 1 saturated heterocycles. The Balaban J connectivity index is 1.71. The molecule has 2 N–H and O–H groups in total. The molecule has 1 atom stereocenters. The fourth-order valence-electron chi connectivity index (χ4n) is 2.20. The summed E-state index contributed by atoms with van der Waals surface area (Å²) in [5.41, 5.74) is 5.59. The highest BCUT2D eigenvalue weighted by molar-refractivity contribution is 5.76. The molecule has 1 aromatic rings. The SMILES string of the molecule is NC[C@H]1CCN(C(=O)CCOc2ccc(F)cc2)C1. The zero-order chi connectivity index (χ0) is 13.7.